The zero-order chi connectivity index (χ0) is 15.5. The molecular weight excluding hydrogens is 264 g/mol. The molecule has 0 aromatic carbocycles. The number of rotatable bonds is 7. The first kappa shape index (κ1) is 17.8. The van der Waals surface area contributed by atoms with Gasteiger partial charge in [-0.1, -0.05) is 32.6 Å². The highest BCUT2D eigenvalue weighted by Gasteiger charge is 2.20. The largest absolute Gasteiger partial charge is 0.354 e. The lowest BCUT2D eigenvalue weighted by atomic mass is 9.89. The minimum Gasteiger partial charge on any atom is -0.354 e. The minimum atomic E-state index is 0.228. The van der Waals surface area contributed by atoms with Crippen LogP contribution in [0.5, 0.6) is 0 Å². The summed E-state index contributed by atoms with van der Waals surface area (Å²) >= 11 is 0. The predicted molar refractivity (Wildman–Crippen MR) is 88.5 cm³/mol. The molecule has 0 aromatic heterocycles. The summed E-state index contributed by atoms with van der Waals surface area (Å²) in [7, 11) is 3.84. The number of carbonyl (C=O) groups excluding carboxylic acids is 1. The van der Waals surface area contributed by atoms with Crippen LogP contribution in [0, 0.1) is 5.92 Å². The number of hydrogen-bond donors (Lipinski definition) is 2. The van der Waals surface area contributed by atoms with Gasteiger partial charge in [0.1, 0.15) is 0 Å². The number of nitrogens with zero attached hydrogens (tertiary/aromatic N) is 2. The lowest BCUT2D eigenvalue weighted by Crippen LogP contribution is -2.43. The van der Waals surface area contributed by atoms with Gasteiger partial charge in [-0.2, -0.15) is 0 Å². The molecule has 1 aliphatic carbocycles. The van der Waals surface area contributed by atoms with Crippen LogP contribution in [0.2, 0.25) is 0 Å². The fourth-order valence-electron chi connectivity index (χ4n) is 2.76. The van der Waals surface area contributed by atoms with E-state index in [4.69, 9.17) is 0 Å². The Morgan fingerprint density at radius 3 is 2.48 bits per heavy atom. The van der Waals surface area contributed by atoms with E-state index in [0.717, 1.165) is 38.3 Å². The molecule has 0 heterocycles. The molecule has 0 saturated heterocycles. The van der Waals surface area contributed by atoms with Gasteiger partial charge in [-0.05, 0) is 19.3 Å². The molecule has 1 fully saturated rings. The Kier molecular flexibility index (Phi) is 8.87. The topological polar surface area (TPSA) is 56.7 Å². The number of hydrogen-bond acceptors (Lipinski definition) is 2. The van der Waals surface area contributed by atoms with Crippen LogP contribution >= 0.6 is 0 Å². The Morgan fingerprint density at radius 1 is 1.19 bits per heavy atom. The SMILES string of the molecule is CCCCN(C)C(=NC)NCCNC(=O)C1CCCCC1. The molecular formula is C16H32N4O. The molecule has 122 valence electrons. The Bertz CT molecular complexity index is 324. The maximum Gasteiger partial charge on any atom is 0.223 e. The van der Waals surface area contributed by atoms with Crippen LogP contribution in [-0.2, 0) is 4.79 Å². The first-order chi connectivity index (χ1) is 10.2. The smallest absolute Gasteiger partial charge is 0.223 e. The van der Waals surface area contributed by atoms with Gasteiger partial charge in [0.25, 0.3) is 0 Å². The van der Waals surface area contributed by atoms with Crippen molar-refractivity contribution in [3.8, 4) is 0 Å². The van der Waals surface area contributed by atoms with Crippen molar-refractivity contribution < 1.29 is 4.79 Å². The van der Waals surface area contributed by atoms with Crippen molar-refractivity contribution in [2.45, 2.75) is 51.9 Å². The maximum atomic E-state index is 12.0. The third-order valence-electron chi connectivity index (χ3n) is 4.10. The van der Waals surface area contributed by atoms with Crippen molar-refractivity contribution in [1.82, 2.24) is 15.5 Å². The van der Waals surface area contributed by atoms with E-state index < -0.39 is 0 Å². The summed E-state index contributed by atoms with van der Waals surface area (Å²) < 4.78 is 0. The monoisotopic (exact) mass is 296 g/mol. The molecule has 0 atom stereocenters. The van der Waals surface area contributed by atoms with Gasteiger partial charge < -0.3 is 15.5 Å². The standard InChI is InChI=1S/C16H32N4O/c1-4-5-13-20(3)16(17-2)19-12-11-18-15(21)14-9-7-6-8-10-14/h14H,4-13H2,1-3H3,(H,17,19)(H,18,21). The fraction of sp³-hybridized carbons (Fsp3) is 0.875. The molecule has 2 N–H and O–H groups in total. The van der Waals surface area contributed by atoms with Crippen molar-refractivity contribution in [3.63, 3.8) is 0 Å². The van der Waals surface area contributed by atoms with Gasteiger partial charge >= 0.3 is 0 Å². The summed E-state index contributed by atoms with van der Waals surface area (Å²) in [6.07, 6.45) is 8.14. The Hall–Kier alpha value is -1.26. The van der Waals surface area contributed by atoms with Gasteiger partial charge in [0.15, 0.2) is 5.96 Å². The van der Waals surface area contributed by atoms with Crippen LogP contribution < -0.4 is 10.6 Å². The first-order valence-electron chi connectivity index (χ1n) is 8.38. The second-order valence-electron chi connectivity index (χ2n) is 5.88. The van der Waals surface area contributed by atoms with Crippen LogP contribution in [-0.4, -0.2) is 50.5 Å². The molecule has 0 aromatic rings. The van der Waals surface area contributed by atoms with E-state index in [9.17, 15) is 4.79 Å². The molecule has 0 spiro atoms. The van der Waals surface area contributed by atoms with E-state index in [1.165, 1.54) is 25.7 Å². The van der Waals surface area contributed by atoms with E-state index >= 15 is 0 Å². The fourth-order valence-corrected chi connectivity index (χ4v) is 2.76. The van der Waals surface area contributed by atoms with E-state index in [-0.39, 0.29) is 11.8 Å². The quantitative estimate of drug-likeness (QED) is 0.429. The van der Waals surface area contributed by atoms with Gasteiger partial charge in [0, 0.05) is 39.6 Å². The van der Waals surface area contributed by atoms with Gasteiger partial charge in [0.05, 0.1) is 0 Å². The second-order valence-corrected chi connectivity index (χ2v) is 5.88. The molecule has 0 radical (unpaired) electrons. The summed E-state index contributed by atoms with van der Waals surface area (Å²) in [5.74, 6) is 1.37. The van der Waals surface area contributed by atoms with Crippen molar-refractivity contribution in [2.75, 3.05) is 33.7 Å². The zero-order valence-corrected chi connectivity index (χ0v) is 14.0. The Morgan fingerprint density at radius 2 is 1.86 bits per heavy atom. The Balaban J connectivity index is 2.17. The van der Waals surface area contributed by atoms with Crippen molar-refractivity contribution in [3.05, 3.63) is 0 Å². The number of guanidine groups is 1. The molecule has 5 nitrogen and oxygen atoms in total. The molecule has 0 aliphatic heterocycles. The van der Waals surface area contributed by atoms with Crippen LogP contribution in [0.15, 0.2) is 4.99 Å². The van der Waals surface area contributed by atoms with E-state index in [2.05, 4.69) is 27.4 Å². The van der Waals surface area contributed by atoms with E-state index in [1.807, 2.05) is 7.05 Å². The highest BCUT2D eigenvalue weighted by molar-refractivity contribution is 5.80. The van der Waals surface area contributed by atoms with Crippen LogP contribution in [0.4, 0.5) is 0 Å². The van der Waals surface area contributed by atoms with Crippen molar-refractivity contribution in [1.29, 1.82) is 0 Å². The maximum absolute atomic E-state index is 12.0. The normalized spacial score (nSPS) is 16.6. The van der Waals surface area contributed by atoms with Crippen LogP contribution in [0.25, 0.3) is 0 Å². The average Bonchev–Trinajstić information content (AvgIpc) is 2.53. The predicted octanol–water partition coefficient (Wildman–Crippen LogP) is 1.99. The average molecular weight is 296 g/mol. The molecule has 1 aliphatic rings. The highest BCUT2D eigenvalue weighted by Crippen LogP contribution is 2.23. The summed E-state index contributed by atoms with van der Waals surface area (Å²) in [6, 6.07) is 0. The molecule has 1 amide bonds. The summed E-state index contributed by atoms with van der Waals surface area (Å²) in [5, 5.41) is 6.34. The number of unbranched alkanes of at least 4 members (excludes halogenated alkanes) is 1. The second kappa shape index (κ2) is 10.5. The molecule has 1 saturated carbocycles. The van der Waals surface area contributed by atoms with Gasteiger partial charge in [-0.25, -0.2) is 0 Å². The Labute approximate surface area is 129 Å². The molecule has 0 bridgehead atoms. The lowest BCUT2D eigenvalue weighted by Gasteiger charge is -2.23. The summed E-state index contributed by atoms with van der Waals surface area (Å²) in [6.45, 7) is 4.58. The molecule has 5 heteroatoms. The third kappa shape index (κ3) is 6.82. The number of amides is 1. The van der Waals surface area contributed by atoms with E-state index in [1.54, 1.807) is 7.05 Å². The number of aliphatic imine (C=N–C) groups is 1. The first-order valence-corrected chi connectivity index (χ1v) is 8.38. The number of carbonyl (C=O) groups is 1. The lowest BCUT2D eigenvalue weighted by molar-refractivity contribution is -0.125. The molecule has 21 heavy (non-hydrogen) atoms. The minimum absolute atomic E-state index is 0.228. The van der Waals surface area contributed by atoms with Gasteiger partial charge in [-0.15, -0.1) is 0 Å². The van der Waals surface area contributed by atoms with Crippen LogP contribution in [0.3, 0.4) is 0 Å². The summed E-state index contributed by atoms with van der Waals surface area (Å²) in [4.78, 5) is 18.4. The van der Waals surface area contributed by atoms with Gasteiger partial charge in [-0.3, -0.25) is 9.79 Å². The van der Waals surface area contributed by atoms with Crippen molar-refractivity contribution >= 4 is 11.9 Å². The zero-order valence-electron chi connectivity index (χ0n) is 14.0. The van der Waals surface area contributed by atoms with Crippen LogP contribution in [0.1, 0.15) is 51.9 Å². The summed E-state index contributed by atoms with van der Waals surface area (Å²) in [5.41, 5.74) is 0. The highest BCUT2D eigenvalue weighted by atomic mass is 16.1. The molecule has 1 rings (SSSR count). The van der Waals surface area contributed by atoms with Crippen molar-refractivity contribution in [2.24, 2.45) is 10.9 Å². The number of nitrogens with one attached hydrogen (secondary N) is 2. The van der Waals surface area contributed by atoms with E-state index in [0.29, 0.717) is 6.54 Å². The third-order valence-corrected chi connectivity index (χ3v) is 4.10. The van der Waals surface area contributed by atoms with Gasteiger partial charge in [0.2, 0.25) is 5.91 Å². The molecule has 0 unspecified atom stereocenters.